The maximum Gasteiger partial charge on any atom is 0.213 e. The van der Waals surface area contributed by atoms with E-state index >= 15 is 0 Å². The molecule has 12 heavy (non-hydrogen) atoms. The Morgan fingerprint density at radius 3 is 2.67 bits per heavy atom. The van der Waals surface area contributed by atoms with Crippen molar-refractivity contribution in [3.05, 3.63) is 29.8 Å². The number of rotatable bonds is 2. The second-order valence-electron chi connectivity index (χ2n) is 2.86. The highest BCUT2D eigenvalue weighted by Gasteiger charge is 2.11. The molecular weight excluding hydrogens is 157 g/mol. The first kappa shape index (κ1) is 8.84. The van der Waals surface area contributed by atoms with Gasteiger partial charge in [0.15, 0.2) is 5.78 Å². The van der Waals surface area contributed by atoms with E-state index in [9.17, 15) is 9.18 Å². The fourth-order valence-corrected chi connectivity index (χ4v) is 0.841. The molecule has 1 rings (SSSR count). The number of ketones is 1. The average Bonchev–Trinajstić information content (AvgIpc) is 2.03. The number of hydrogen-bond acceptors (Lipinski definition) is 2. The van der Waals surface area contributed by atoms with E-state index in [0.717, 1.165) is 0 Å². The molecule has 0 aliphatic heterocycles. The van der Waals surface area contributed by atoms with Crippen LogP contribution in [0.25, 0.3) is 0 Å². The van der Waals surface area contributed by atoms with Crippen LogP contribution in [0.3, 0.4) is 0 Å². The number of aromatic nitrogens is 1. The molecule has 0 aromatic carbocycles. The van der Waals surface area contributed by atoms with Crippen LogP contribution in [0.5, 0.6) is 0 Å². The van der Waals surface area contributed by atoms with Crippen molar-refractivity contribution in [1.82, 2.24) is 4.98 Å². The van der Waals surface area contributed by atoms with E-state index in [-0.39, 0.29) is 17.4 Å². The standard InChI is InChI=1S/C9H10FNO/c1-6(2)9(12)7-4-3-5-8(10)11-7/h3-6H,1-2H3. The van der Waals surface area contributed by atoms with Gasteiger partial charge in [0.05, 0.1) is 0 Å². The Labute approximate surface area is 70.4 Å². The summed E-state index contributed by atoms with van der Waals surface area (Å²) in [6.07, 6.45) is 0. The van der Waals surface area contributed by atoms with Crippen molar-refractivity contribution in [3.63, 3.8) is 0 Å². The number of halogens is 1. The fourth-order valence-electron chi connectivity index (χ4n) is 0.841. The quantitative estimate of drug-likeness (QED) is 0.498. The van der Waals surface area contributed by atoms with E-state index in [1.165, 1.54) is 18.2 Å². The van der Waals surface area contributed by atoms with Gasteiger partial charge < -0.3 is 0 Å². The maximum absolute atomic E-state index is 12.5. The van der Waals surface area contributed by atoms with Crippen LogP contribution in [0.1, 0.15) is 24.3 Å². The molecule has 0 spiro atoms. The summed E-state index contributed by atoms with van der Waals surface area (Å²) in [7, 11) is 0. The van der Waals surface area contributed by atoms with Crippen molar-refractivity contribution in [3.8, 4) is 0 Å². The first-order chi connectivity index (χ1) is 5.61. The molecule has 0 aliphatic rings. The Kier molecular flexibility index (Phi) is 2.53. The summed E-state index contributed by atoms with van der Waals surface area (Å²) in [5.41, 5.74) is 0.199. The topological polar surface area (TPSA) is 30.0 Å². The molecule has 0 saturated heterocycles. The maximum atomic E-state index is 12.5. The highest BCUT2D eigenvalue weighted by atomic mass is 19.1. The van der Waals surface area contributed by atoms with Crippen LogP contribution in [-0.4, -0.2) is 10.8 Å². The van der Waals surface area contributed by atoms with E-state index in [1.54, 1.807) is 13.8 Å². The molecule has 64 valence electrons. The third-order valence-corrected chi connectivity index (χ3v) is 1.49. The molecule has 1 aromatic heterocycles. The van der Waals surface area contributed by atoms with Gasteiger partial charge in [-0.15, -0.1) is 0 Å². The normalized spacial score (nSPS) is 10.3. The number of carbonyl (C=O) groups excluding carboxylic acids is 1. The van der Waals surface area contributed by atoms with Gasteiger partial charge in [0.25, 0.3) is 0 Å². The lowest BCUT2D eigenvalue weighted by molar-refractivity contribution is 0.0933. The summed E-state index contributed by atoms with van der Waals surface area (Å²) < 4.78 is 12.5. The molecular formula is C9H10FNO. The van der Waals surface area contributed by atoms with Gasteiger partial charge in [-0.25, -0.2) is 4.98 Å². The molecule has 1 aromatic rings. The lowest BCUT2D eigenvalue weighted by Gasteiger charge is -2.01. The van der Waals surface area contributed by atoms with Crippen molar-refractivity contribution < 1.29 is 9.18 Å². The van der Waals surface area contributed by atoms with Crippen molar-refractivity contribution in [2.24, 2.45) is 5.92 Å². The summed E-state index contributed by atoms with van der Waals surface area (Å²) in [5, 5.41) is 0. The predicted molar refractivity (Wildman–Crippen MR) is 43.4 cm³/mol. The highest BCUT2D eigenvalue weighted by molar-refractivity contribution is 5.95. The van der Waals surface area contributed by atoms with E-state index in [0.29, 0.717) is 0 Å². The first-order valence-corrected chi connectivity index (χ1v) is 3.78. The summed E-state index contributed by atoms with van der Waals surface area (Å²) in [6, 6.07) is 4.22. The summed E-state index contributed by atoms with van der Waals surface area (Å²) in [5.74, 6) is -0.879. The molecule has 0 amide bonds. The number of nitrogens with zero attached hydrogens (tertiary/aromatic N) is 1. The molecule has 0 bridgehead atoms. The van der Waals surface area contributed by atoms with Crippen LogP contribution in [0, 0.1) is 11.9 Å². The third kappa shape index (κ3) is 1.87. The molecule has 0 unspecified atom stereocenters. The van der Waals surface area contributed by atoms with Gasteiger partial charge >= 0.3 is 0 Å². The third-order valence-electron chi connectivity index (χ3n) is 1.49. The Morgan fingerprint density at radius 2 is 2.17 bits per heavy atom. The minimum Gasteiger partial charge on any atom is -0.292 e. The van der Waals surface area contributed by atoms with E-state index < -0.39 is 5.95 Å². The van der Waals surface area contributed by atoms with Gasteiger partial charge in [0.1, 0.15) is 5.69 Å². The van der Waals surface area contributed by atoms with Crippen molar-refractivity contribution in [1.29, 1.82) is 0 Å². The number of pyridine rings is 1. The average molecular weight is 167 g/mol. The van der Waals surface area contributed by atoms with Gasteiger partial charge in [-0.3, -0.25) is 4.79 Å². The first-order valence-electron chi connectivity index (χ1n) is 3.78. The highest BCUT2D eigenvalue weighted by Crippen LogP contribution is 2.05. The minimum atomic E-state index is -0.610. The van der Waals surface area contributed by atoms with E-state index in [4.69, 9.17) is 0 Å². The molecule has 1 heterocycles. The van der Waals surface area contributed by atoms with Gasteiger partial charge in [0, 0.05) is 5.92 Å². The molecule has 2 nitrogen and oxygen atoms in total. The van der Waals surface area contributed by atoms with Crippen molar-refractivity contribution in [2.45, 2.75) is 13.8 Å². The number of hydrogen-bond donors (Lipinski definition) is 0. The van der Waals surface area contributed by atoms with Gasteiger partial charge in [-0.2, -0.15) is 4.39 Å². The summed E-state index contributed by atoms with van der Waals surface area (Å²) in [6.45, 7) is 3.52. The predicted octanol–water partition coefficient (Wildman–Crippen LogP) is 2.06. The van der Waals surface area contributed by atoms with Crippen molar-refractivity contribution >= 4 is 5.78 Å². The summed E-state index contributed by atoms with van der Waals surface area (Å²) in [4.78, 5) is 14.7. The molecule has 3 heteroatoms. The Bertz CT molecular complexity index is 296. The second kappa shape index (κ2) is 3.43. The van der Waals surface area contributed by atoms with Crippen LogP contribution >= 0.6 is 0 Å². The summed E-state index contributed by atoms with van der Waals surface area (Å²) >= 11 is 0. The van der Waals surface area contributed by atoms with Crippen LogP contribution in [0.15, 0.2) is 18.2 Å². The Hall–Kier alpha value is -1.25. The molecule has 0 atom stereocenters. The lowest BCUT2D eigenvalue weighted by atomic mass is 10.1. The Balaban J connectivity index is 2.96. The van der Waals surface area contributed by atoms with E-state index in [1.807, 2.05) is 0 Å². The molecule has 0 fully saturated rings. The van der Waals surface area contributed by atoms with Gasteiger partial charge in [0.2, 0.25) is 5.95 Å². The molecule has 0 radical (unpaired) electrons. The fraction of sp³-hybridized carbons (Fsp3) is 0.333. The zero-order chi connectivity index (χ0) is 9.14. The van der Waals surface area contributed by atoms with Crippen LogP contribution in [0.4, 0.5) is 4.39 Å². The molecule has 0 N–H and O–H groups in total. The van der Waals surface area contributed by atoms with Gasteiger partial charge in [-0.1, -0.05) is 19.9 Å². The largest absolute Gasteiger partial charge is 0.292 e. The van der Waals surface area contributed by atoms with Crippen LogP contribution < -0.4 is 0 Å². The zero-order valence-corrected chi connectivity index (χ0v) is 7.04. The lowest BCUT2D eigenvalue weighted by Crippen LogP contribution is -2.09. The molecule has 0 saturated carbocycles. The van der Waals surface area contributed by atoms with Crippen molar-refractivity contribution in [2.75, 3.05) is 0 Å². The smallest absolute Gasteiger partial charge is 0.213 e. The van der Waals surface area contributed by atoms with Crippen LogP contribution in [0.2, 0.25) is 0 Å². The Morgan fingerprint density at radius 1 is 1.50 bits per heavy atom. The zero-order valence-electron chi connectivity index (χ0n) is 7.04. The van der Waals surface area contributed by atoms with Gasteiger partial charge in [-0.05, 0) is 12.1 Å². The SMILES string of the molecule is CC(C)C(=O)c1cccc(F)n1. The number of carbonyl (C=O) groups is 1. The van der Waals surface area contributed by atoms with E-state index in [2.05, 4.69) is 4.98 Å². The molecule has 0 aliphatic carbocycles. The minimum absolute atomic E-state index is 0.130. The second-order valence-corrected chi connectivity index (χ2v) is 2.86. The number of Topliss-reactive ketones (excluding diaryl/α,β-unsaturated/α-hetero) is 1. The monoisotopic (exact) mass is 167 g/mol. The van der Waals surface area contributed by atoms with Crippen LogP contribution in [-0.2, 0) is 0 Å².